The molecule has 8 heteroatoms. The van der Waals surface area contributed by atoms with Crippen LogP contribution in [-0.4, -0.2) is 24.6 Å². The van der Waals surface area contributed by atoms with E-state index < -0.39 is 6.36 Å². The third kappa shape index (κ3) is 6.82. The monoisotopic (exact) mass is 355 g/mol. The maximum atomic E-state index is 12.1. The van der Waals surface area contributed by atoms with E-state index in [1.807, 2.05) is 30.3 Å². The SMILES string of the molecule is NC(=NCCSc1ccccc1)Nc1ccc(OC(F)(F)F)cc1. The second-order valence-corrected chi connectivity index (χ2v) is 5.79. The fourth-order valence-electron chi connectivity index (χ4n) is 1.77. The molecule has 128 valence electrons. The Morgan fingerprint density at radius 1 is 1.08 bits per heavy atom. The van der Waals surface area contributed by atoms with E-state index >= 15 is 0 Å². The number of rotatable bonds is 6. The number of guanidine groups is 1. The van der Waals surface area contributed by atoms with Gasteiger partial charge in [-0.3, -0.25) is 4.99 Å². The molecule has 0 atom stereocenters. The number of anilines is 1. The third-order valence-corrected chi connectivity index (χ3v) is 3.74. The van der Waals surface area contributed by atoms with E-state index in [9.17, 15) is 13.2 Å². The highest BCUT2D eigenvalue weighted by Crippen LogP contribution is 2.23. The van der Waals surface area contributed by atoms with Crippen molar-refractivity contribution in [2.24, 2.45) is 10.7 Å². The zero-order valence-corrected chi connectivity index (χ0v) is 13.4. The predicted octanol–water partition coefficient (Wildman–Crippen LogP) is 4.10. The summed E-state index contributed by atoms with van der Waals surface area (Å²) in [5.74, 6) is 0.682. The molecule has 0 aliphatic heterocycles. The van der Waals surface area contributed by atoms with Gasteiger partial charge in [0, 0.05) is 16.3 Å². The quantitative estimate of drug-likeness (QED) is 0.354. The highest BCUT2D eigenvalue weighted by atomic mass is 32.2. The number of hydrogen-bond donors (Lipinski definition) is 2. The van der Waals surface area contributed by atoms with Crippen molar-refractivity contribution in [2.45, 2.75) is 11.3 Å². The molecule has 0 saturated heterocycles. The molecule has 24 heavy (non-hydrogen) atoms. The van der Waals surface area contributed by atoms with Gasteiger partial charge in [-0.2, -0.15) is 0 Å². The van der Waals surface area contributed by atoms with Gasteiger partial charge in [0.15, 0.2) is 5.96 Å². The molecule has 0 aliphatic carbocycles. The van der Waals surface area contributed by atoms with E-state index in [0.717, 1.165) is 10.6 Å². The number of thioether (sulfide) groups is 1. The van der Waals surface area contributed by atoms with Gasteiger partial charge in [0.25, 0.3) is 0 Å². The van der Waals surface area contributed by atoms with Crippen molar-refractivity contribution in [2.75, 3.05) is 17.6 Å². The highest BCUT2D eigenvalue weighted by Gasteiger charge is 2.30. The number of nitrogens with two attached hydrogens (primary N) is 1. The van der Waals surface area contributed by atoms with Gasteiger partial charge in [0.1, 0.15) is 5.75 Å². The number of benzene rings is 2. The second-order valence-electron chi connectivity index (χ2n) is 4.63. The molecule has 2 rings (SSSR count). The maximum absolute atomic E-state index is 12.1. The summed E-state index contributed by atoms with van der Waals surface area (Å²) >= 11 is 1.66. The minimum absolute atomic E-state index is 0.202. The van der Waals surface area contributed by atoms with Crippen LogP contribution < -0.4 is 15.8 Å². The van der Waals surface area contributed by atoms with Crippen molar-refractivity contribution in [1.82, 2.24) is 0 Å². The molecule has 3 N–H and O–H groups in total. The summed E-state index contributed by atoms with van der Waals surface area (Å²) in [7, 11) is 0. The van der Waals surface area contributed by atoms with Crippen LogP contribution in [0.4, 0.5) is 18.9 Å². The fourth-order valence-corrected chi connectivity index (χ4v) is 2.54. The molecule has 0 bridgehead atoms. The topological polar surface area (TPSA) is 59.6 Å². The molecule has 0 aromatic heterocycles. The van der Waals surface area contributed by atoms with Crippen molar-refractivity contribution in [3.05, 3.63) is 54.6 Å². The molecule has 0 aliphatic rings. The van der Waals surface area contributed by atoms with Gasteiger partial charge in [0.2, 0.25) is 0 Å². The number of aliphatic imine (C=N–C) groups is 1. The first kappa shape index (κ1) is 18.0. The van der Waals surface area contributed by atoms with Gasteiger partial charge in [-0.05, 0) is 36.4 Å². The standard InChI is InChI=1S/C16H16F3N3OS/c17-16(18,19)23-13-8-6-12(7-9-13)22-15(20)21-10-11-24-14-4-2-1-3-5-14/h1-9H,10-11H2,(H3,20,21,22). The number of ether oxygens (including phenoxy) is 1. The van der Waals surface area contributed by atoms with Crippen LogP contribution in [0.5, 0.6) is 5.75 Å². The van der Waals surface area contributed by atoms with Crippen molar-refractivity contribution in [3.8, 4) is 5.75 Å². The van der Waals surface area contributed by atoms with Gasteiger partial charge < -0.3 is 15.8 Å². The number of halogens is 3. The Hall–Kier alpha value is -2.35. The van der Waals surface area contributed by atoms with Crippen LogP contribution in [0, 0.1) is 0 Å². The fraction of sp³-hybridized carbons (Fsp3) is 0.188. The van der Waals surface area contributed by atoms with E-state index in [0.29, 0.717) is 12.2 Å². The van der Waals surface area contributed by atoms with Crippen LogP contribution in [0.25, 0.3) is 0 Å². The second kappa shape index (κ2) is 8.49. The number of nitrogens with zero attached hydrogens (tertiary/aromatic N) is 1. The molecule has 2 aromatic carbocycles. The van der Waals surface area contributed by atoms with Crippen LogP contribution in [0.2, 0.25) is 0 Å². The summed E-state index contributed by atoms with van der Waals surface area (Å²) < 4.78 is 40.0. The molecular formula is C16H16F3N3OS. The molecule has 2 aromatic rings. The molecule has 0 unspecified atom stereocenters. The van der Waals surface area contributed by atoms with Crippen molar-refractivity contribution < 1.29 is 17.9 Å². The average molecular weight is 355 g/mol. The maximum Gasteiger partial charge on any atom is 0.573 e. The molecular weight excluding hydrogens is 339 g/mol. The van der Waals surface area contributed by atoms with Crippen molar-refractivity contribution in [1.29, 1.82) is 0 Å². The van der Waals surface area contributed by atoms with Gasteiger partial charge in [-0.25, -0.2) is 0 Å². The molecule has 0 amide bonds. The summed E-state index contributed by atoms with van der Waals surface area (Å²) in [6.07, 6.45) is -4.70. The third-order valence-electron chi connectivity index (χ3n) is 2.75. The Balaban J connectivity index is 1.77. The lowest BCUT2D eigenvalue weighted by Crippen LogP contribution is -2.23. The summed E-state index contributed by atoms with van der Waals surface area (Å²) in [6.45, 7) is 0.521. The normalized spacial score (nSPS) is 12.0. The van der Waals surface area contributed by atoms with Crippen LogP contribution >= 0.6 is 11.8 Å². The molecule has 0 saturated carbocycles. The van der Waals surface area contributed by atoms with Gasteiger partial charge >= 0.3 is 6.36 Å². The molecule has 0 radical (unpaired) electrons. The van der Waals surface area contributed by atoms with E-state index in [1.165, 1.54) is 24.3 Å². The molecule has 4 nitrogen and oxygen atoms in total. The zero-order chi connectivity index (χ0) is 17.4. The number of alkyl halides is 3. The first-order valence-electron chi connectivity index (χ1n) is 7.03. The van der Waals surface area contributed by atoms with Crippen molar-refractivity contribution >= 4 is 23.4 Å². The Morgan fingerprint density at radius 3 is 2.38 bits per heavy atom. The Morgan fingerprint density at radius 2 is 1.75 bits per heavy atom. The van der Waals surface area contributed by atoms with E-state index in [4.69, 9.17) is 5.73 Å². The van der Waals surface area contributed by atoms with Crippen LogP contribution in [0.3, 0.4) is 0 Å². The lowest BCUT2D eigenvalue weighted by atomic mass is 10.3. The van der Waals surface area contributed by atoms with E-state index in [2.05, 4.69) is 15.0 Å². The van der Waals surface area contributed by atoms with Crippen molar-refractivity contribution in [3.63, 3.8) is 0 Å². The van der Waals surface area contributed by atoms with E-state index in [-0.39, 0.29) is 11.7 Å². The Bertz CT molecular complexity index is 661. The molecule has 0 spiro atoms. The Labute approximate surface area is 141 Å². The molecule has 0 fully saturated rings. The first-order valence-corrected chi connectivity index (χ1v) is 8.01. The summed E-state index contributed by atoms with van der Waals surface area (Å²) in [6, 6.07) is 15.2. The lowest BCUT2D eigenvalue weighted by molar-refractivity contribution is -0.274. The summed E-state index contributed by atoms with van der Waals surface area (Å²) in [5.41, 5.74) is 6.27. The minimum Gasteiger partial charge on any atom is -0.406 e. The first-order chi connectivity index (χ1) is 11.4. The van der Waals surface area contributed by atoms with Crippen LogP contribution in [-0.2, 0) is 0 Å². The largest absolute Gasteiger partial charge is 0.573 e. The summed E-state index contributed by atoms with van der Waals surface area (Å²) in [4.78, 5) is 5.32. The molecule has 0 heterocycles. The highest BCUT2D eigenvalue weighted by molar-refractivity contribution is 7.99. The average Bonchev–Trinajstić information content (AvgIpc) is 2.53. The van der Waals surface area contributed by atoms with Gasteiger partial charge in [0.05, 0.1) is 6.54 Å². The van der Waals surface area contributed by atoms with Crippen LogP contribution in [0.1, 0.15) is 0 Å². The Kier molecular flexibility index (Phi) is 6.36. The number of nitrogens with one attached hydrogen (secondary N) is 1. The number of hydrogen-bond acceptors (Lipinski definition) is 3. The minimum atomic E-state index is -4.70. The zero-order valence-electron chi connectivity index (χ0n) is 12.6. The summed E-state index contributed by atoms with van der Waals surface area (Å²) in [5, 5.41) is 2.81. The van der Waals surface area contributed by atoms with E-state index in [1.54, 1.807) is 11.8 Å². The van der Waals surface area contributed by atoms with Gasteiger partial charge in [-0.1, -0.05) is 18.2 Å². The van der Waals surface area contributed by atoms with Crippen LogP contribution in [0.15, 0.2) is 64.5 Å². The van der Waals surface area contributed by atoms with Gasteiger partial charge in [-0.15, -0.1) is 24.9 Å². The predicted molar refractivity (Wildman–Crippen MR) is 90.4 cm³/mol. The lowest BCUT2D eigenvalue weighted by Gasteiger charge is -2.10. The smallest absolute Gasteiger partial charge is 0.406 e.